The zero-order valence-corrected chi connectivity index (χ0v) is 14.4. The molecule has 0 saturated heterocycles. The van der Waals surface area contributed by atoms with E-state index in [0.717, 1.165) is 17.8 Å². The Labute approximate surface area is 128 Å². The van der Waals surface area contributed by atoms with Crippen LogP contribution in [0.1, 0.15) is 104 Å². The first-order valence-corrected chi connectivity index (χ1v) is 9.69. The average molecular weight is 279 g/mol. The Morgan fingerprint density at radius 3 is 1.70 bits per heavy atom. The van der Waals surface area contributed by atoms with Crippen molar-refractivity contribution in [3.8, 4) is 0 Å². The third-order valence-electron chi connectivity index (χ3n) is 7.02. The van der Waals surface area contributed by atoms with Crippen LogP contribution in [0.5, 0.6) is 0 Å². The molecule has 0 heteroatoms. The summed E-state index contributed by atoms with van der Waals surface area (Å²) in [5.74, 6) is 3.01. The Bertz CT molecular complexity index is 237. The summed E-state index contributed by atoms with van der Waals surface area (Å²) in [6, 6.07) is 0. The quantitative estimate of drug-likeness (QED) is 0.491. The minimum atomic E-state index is 0.649. The van der Waals surface area contributed by atoms with Crippen molar-refractivity contribution in [1.29, 1.82) is 0 Å². The molecule has 2 aliphatic rings. The molecule has 0 bridgehead atoms. The van der Waals surface area contributed by atoms with Crippen molar-refractivity contribution >= 4 is 0 Å². The van der Waals surface area contributed by atoms with Gasteiger partial charge in [-0.25, -0.2) is 0 Å². The second-order valence-electron chi connectivity index (χ2n) is 8.08. The Morgan fingerprint density at radius 1 is 0.850 bits per heavy atom. The summed E-state index contributed by atoms with van der Waals surface area (Å²) in [7, 11) is 0. The van der Waals surface area contributed by atoms with Crippen LogP contribution in [-0.4, -0.2) is 0 Å². The molecule has 118 valence electrons. The Hall–Kier alpha value is 0. The van der Waals surface area contributed by atoms with Gasteiger partial charge in [0.1, 0.15) is 0 Å². The van der Waals surface area contributed by atoms with Crippen molar-refractivity contribution in [3.05, 3.63) is 0 Å². The van der Waals surface area contributed by atoms with E-state index in [0.29, 0.717) is 5.41 Å². The molecule has 0 aromatic carbocycles. The van der Waals surface area contributed by atoms with Crippen molar-refractivity contribution in [2.45, 2.75) is 104 Å². The van der Waals surface area contributed by atoms with Gasteiger partial charge in [-0.15, -0.1) is 0 Å². The average Bonchev–Trinajstić information content (AvgIpc) is 2.53. The molecule has 0 aromatic rings. The lowest BCUT2D eigenvalue weighted by molar-refractivity contribution is -0.0145. The molecule has 2 saturated carbocycles. The van der Waals surface area contributed by atoms with Crippen LogP contribution in [0.2, 0.25) is 0 Å². The predicted octanol–water partition coefficient (Wildman–Crippen LogP) is 6.98. The molecule has 2 rings (SSSR count). The fourth-order valence-corrected chi connectivity index (χ4v) is 5.41. The predicted molar refractivity (Wildman–Crippen MR) is 89.9 cm³/mol. The van der Waals surface area contributed by atoms with E-state index >= 15 is 0 Å². The summed E-state index contributed by atoms with van der Waals surface area (Å²) in [4.78, 5) is 0. The molecule has 1 unspecified atom stereocenters. The maximum absolute atomic E-state index is 2.71. The molecule has 0 nitrogen and oxygen atoms in total. The van der Waals surface area contributed by atoms with Crippen LogP contribution in [0.4, 0.5) is 0 Å². The smallest absolute Gasteiger partial charge is 0.0244 e. The first-order valence-electron chi connectivity index (χ1n) is 9.69. The molecule has 20 heavy (non-hydrogen) atoms. The van der Waals surface area contributed by atoms with E-state index in [-0.39, 0.29) is 0 Å². The van der Waals surface area contributed by atoms with Gasteiger partial charge in [-0.1, -0.05) is 78.6 Å². The summed E-state index contributed by atoms with van der Waals surface area (Å²) >= 11 is 0. The van der Waals surface area contributed by atoms with Crippen molar-refractivity contribution in [1.82, 2.24) is 0 Å². The maximum atomic E-state index is 2.71. The molecular weight excluding hydrogens is 240 g/mol. The third kappa shape index (κ3) is 3.60. The number of hydrogen-bond donors (Lipinski definition) is 0. The van der Waals surface area contributed by atoms with Gasteiger partial charge in [0.25, 0.3) is 0 Å². The molecule has 1 atom stereocenters. The van der Waals surface area contributed by atoms with Crippen LogP contribution in [0.25, 0.3) is 0 Å². The van der Waals surface area contributed by atoms with E-state index in [2.05, 4.69) is 20.8 Å². The Morgan fingerprint density at radius 2 is 1.30 bits per heavy atom. The highest BCUT2D eigenvalue weighted by Gasteiger charge is 2.44. The molecule has 0 N–H and O–H groups in total. The molecule has 2 fully saturated rings. The SMILES string of the molecule is CCCCC(C)C(C)(C1CCCCC1)C1CCCCC1. The van der Waals surface area contributed by atoms with Crippen molar-refractivity contribution in [2.75, 3.05) is 0 Å². The molecular formula is C20H38. The lowest BCUT2D eigenvalue weighted by Gasteiger charge is -2.51. The maximum Gasteiger partial charge on any atom is -0.0244 e. The standard InChI is InChI=1S/C20H38/c1-4-5-12-17(2)20(3,18-13-8-6-9-14-18)19-15-10-7-11-16-19/h17-19H,4-16H2,1-3H3. The van der Waals surface area contributed by atoms with Gasteiger partial charge in [-0.2, -0.15) is 0 Å². The fraction of sp³-hybridized carbons (Fsp3) is 1.00. The number of hydrogen-bond acceptors (Lipinski definition) is 0. The van der Waals surface area contributed by atoms with Crippen LogP contribution >= 0.6 is 0 Å². The first kappa shape index (κ1) is 16.4. The van der Waals surface area contributed by atoms with Gasteiger partial charge < -0.3 is 0 Å². The summed E-state index contributed by atoms with van der Waals surface area (Å²) in [6.45, 7) is 7.66. The first-order chi connectivity index (χ1) is 9.69. The molecule has 0 radical (unpaired) electrons. The normalized spacial score (nSPS) is 24.8. The van der Waals surface area contributed by atoms with Crippen LogP contribution in [0.3, 0.4) is 0 Å². The molecule has 0 aromatic heterocycles. The van der Waals surface area contributed by atoms with Crippen molar-refractivity contribution in [3.63, 3.8) is 0 Å². The monoisotopic (exact) mass is 278 g/mol. The zero-order chi connectivity index (χ0) is 14.4. The van der Waals surface area contributed by atoms with Gasteiger partial charge >= 0.3 is 0 Å². The fourth-order valence-electron chi connectivity index (χ4n) is 5.41. The largest absolute Gasteiger partial charge is 0.0654 e. The number of unbranched alkanes of at least 4 members (excludes halogenated alkanes) is 1. The molecule has 0 spiro atoms. The van der Waals surface area contributed by atoms with Gasteiger partial charge in [0.15, 0.2) is 0 Å². The number of rotatable bonds is 6. The highest BCUT2D eigenvalue weighted by atomic mass is 14.5. The minimum absolute atomic E-state index is 0.649. The summed E-state index contributed by atoms with van der Waals surface area (Å²) in [6.07, 6.45) is 19.4. The van der Waals surface area contributed by atoms with Gasteiger partial charge in [-0.05, 0) is 48.9 Å². The van der Waals surface area contributed by atoms with Gasteiger partial charge in [0, 0.05) is 0 Å². The summed E-state index contributed by atoms with van der Waals surface area (Å²) < 4.78 is 0. The van der Waals surface area contributed by atoms with Gasteiger partial charge in [0.05, 0.1) is 0 Å². The molecule has 2 aliphatic carbocycles. The van der Waals surface area contributed by atoms with E-state index in [4.69, 9.17) is 0 Å². The topological polar surface area (TPSA) is 0 Å². The van der Waals surface area contributed by atoms with Gasteiger partial charge in [-0.3, -0.25) is 0 Å². The van der Waals surface area contributed by atoms with Gasteiger partial charge in [0.2, 0.25) is 0 Å². The van der Waals surface area contributed by atoms with E-state index in [1.807, 2.05) is 0 Å². The zero-order valence-electron chi connectivity index (χ0n) is 14.4. The Balaban J connectivity index is 2.11. The summed E-state index contributed by atoms with van der Waals surface area (Å²) in [5, 5.41) is 0. The second kappa shape index (κ2) is 7.85. The highest BCUT2D eigenvalue weighted by molar-refractivity contribution is 4.94. The second-order valence-corrected chi connectivity index (χ2v) is 8.08. The Kier molecular flexibility index (Phi) is 6.43. The van der Waals surface area contributed by atoms with Crippen LogP contribution in [0, 0.1) is 23.2 Å². The molecule has 0 heterocycles. The minimum Gasteiger partial charge on any atom is -0.0654 e. The van der Waals surface area contributed by atoms with E-state index in [1.54, 1.807) is 0 Å². The van der Waals surface area contributed by atoms with Crippen molar-refractivity contribution < 1.29 is 0 Å². The molecule has 0 amide bonds. The van der Waals surface area contributed by atoms with Crippen LogP contribution in [-0.2, 0) is 0 Å². The van der Waals surface area contributed by atoms with E-state index in [9.17, 15) is 0 Å². The van der Waals surface area contributed by atoms with Crippen LogP contribution in [0.15, 0.2) is 0 Å². The van der Waals surface area contributed by atoms with Crippen LogP contribution < -0.4 is 0 Å². The van der Waals surface area contributed by atoms with Crippen molar-refractivity contribution in [2.24, 2.45) is 23.2 Å². The lowest BCUT2D eigenvalue weighted by atomic mass is 9.54. The molecule has 0 aliphatic heterocycles. The van der Waals surface area contributed by atoms with E-state index in [1.165, 1.54) is 83.5 Å². The highest BCUT2D eigenvalue weighted by Crippen LogP contribution is 2.53. The van der Waals surface area contributed by atoms with E-state index < -0.39 is 0 Å². The summed E-state index contributed by atoms with van der Waals surface area (Å²) in [5.41, 5.74) is 0.649. The lowest BCUT2D eigenvalue weighted by Crippen LogP contribution is -2.42. The third-order valence-corrected chi connectivity index (χ3v) is 7.02.